The van der Waals surface area contributed by atoms with Gasteiger partial charge in [0, 0.05) is 4.47 Å². The summed E-state index contributed by atoms with van der Waals surface area (Å²) in [6.45, 7) is 0. The molecule has 4 nitrogen and oxygen atoms in total. The second-order valence-corrected chi connectivity index (χ2v) is 7.04. The van der Waals surface area contributed by atoms with E-state index in [9.17, 15) is 4.79 Å². The topological polar surface area (TPSA) is 47.6 Å². The monoisotopic (exact) mass is 403 g/mol. The van der Waals surface area contributed by atoms with Gasteiger partial charge >= 0.3 is 0 Å². The lowest BCUT2D eigenvalue weighted by Gasteiger charge is -2.26. The number of carbonyl (C=O) groups excluding carboxylic acids is 1. The van der Waals surface area contributed by atoms with Crippen LogP contribution in [-0.4, -0.2) is 20.1 Å². The molecule has 1 aliphatic carbocycles. The predicted octanol–water partition coefficient (Wildman–Crippen LogP) is 4.20. The minimum Gasteiger partial charge on any atom is -0.493 e. The second kappa shape index (κ2) is 7.91. The molecule has 2 aromatic carbocycles. The molecular formula is C20H22BrNO3. The van der Waals surface area contributed by atoms with Gasteiger partial charge in [0.1, 0.15) is 0 Å². The van der Waals surface area contributed by atoms with Gasteiger partial charge in [-0.1, -0.05) is 40.2 Å². The van der Waals surface area contributed by atoms with Gasteiger partial charge in [-0.15, -0.1) is 0 Å². The molecule has 0 saturated heterocycles. The van der Waals surface area contributed by atoms with Crippen molar-refractivity contribution in [3.63, 3.8) is 0 Å². The number of aryl methyl sites for hydroxylation is 1. The predicted molar refractivity (Wildman–Crippen MR) is 101 cm³/mol. The number of hydrogen-bond acceptors (Lipinski definition) is 3. The average molecular weight is 404 g/mol. The van der Waals surface area contributed by atoms with Gasteiger partial charge in [0.05, 0.1) is 26.7 Å². The summed E-state index contributed by atoms with van der Waals surface area (Å²) < 4.78 is 11.5. The summed E-state index contributed by atoms with van der Waals surface area (Å²) >= 11 is 3.52. The van der Waals surface area contributed by atoms with E-state index in [-0.39, 0.29) is 11.9 Å². The summed E-state index contributed by atoms with van der Waals surface area (Å²) in [5.41, 5.74) is 3.46. The van der Waals surface area contributed by atoms with Crippen molar-refractivity contribution in [2.24, 2.45) is 0 Å². The third kappa shape index (κ3) is 3.98. The van der Waals surface area contributed by atoms with Crippen molar-refractivity contribution in [1.29, 1.82) is 0 Å². The number of ether oxygens (including phenoxy) is 2. The number of halogens is 1. The lowest BCUT2D eigenvalue weighted by molar-refractivity contribution is -0.121. The third-order valence-corrected chi connectivity index (χ3v) is 5.35. The fraction of sp³-hybridized carbons (Fsp3) is 0.350. The molecule has 3 rings (SSSR count). The third-order valence-electron chi connectivity index (χ3n) is 4.61. The molecule has 25 heavy (non-hydrogen) atoms. The first-order chi connectivity index (χ1) is 12.1. The first-order valence-corrected chi connectivity index (χ1v) is 9.19. The molecule has 2 aromatic rings. The van der Waals surface area contributed by atoms with Crippen molar-refractivity contribution >= 4 is 21.8 Å². The lowest BCUT2D eigenvalue weighted by Crippen LogP contribution is -2.32. The minimum absolute atomic E-state index is 0.00891. The molecule has 0 bridgehead atoms. The van der Waals surface area contributed by atoms with Gasteiger partial charge in [-0.3, -0.25) is 4.79 Å². The quantitative estimate of drug-likeness (QED) is 0.813. The Labute approximate surface area is 156 Å². The van der Waals surface area contributed by atoms with Crippen LogP contribution >= 0.6 is 15.9 Å². The minimum atomic E-state index is 0.00891. The fourth-order valence-corrected chi connectivity index (χ4v) is 3.82. The van der Waals surface area contributed by atoms with E-state index in [1.807, 2.05) is 18.2 Å². The zero-order valence-corrected chi connectivity index (χ0v) is 16.1. The van der Waals surface area contributed by atoms with Crippen molar-refractivity contribution in [1.82, 2.24) is 5.32 Å². The van der Waals surface area contributed by atoms with E-state index in [0.29, 0.717) is 17.9 Å². The maximum Gasteiger partial charge on any atom is 0.224 e. The number of rotatable bonds is 5. The van der Waals surface area contributed by atoms with Crippen LogP contribution < -0.4 is 14.8 Å². The maximum absolute atomic E-state index is 12.6. The average Bonchev–Trinajstić information content (AvgIpc) is 2.63. The Morgan fingerprint density at radius 1 is 1.20 bits per heavy atom. The number of methoxy groups -OCH3 is 2. The molecule has 1 aliphatic rings. The van der Waals surface area contributed by atoms with Gasteiger partial charge in [-0.2, -0.15) is 0 Å². The summed E-state index contributed by atoms with van der Waals surface area (Å²) in [5, 5.41) is 3.19. The van der Waals surface area contributed by atoms with Crippen LogP contribution in [0.4, 0.5) is 0 Å². The molecule has 1 N–H and O–H groups in total. The van der Waals surface area contributed by atoms with Crippen LogP contribution in [-0.2, 0) is 17.6 Å². The van der Waals surface area contributed by atoms with E-state index in [4.69, 9.17) is 9.47 Å². The SMILES string of the molecule is COc1cc(Br)c(CC(=O)NC2CCCc3ccccc32)cc1OC. The Bertz CT molecular complexity index is 776. The van der Waals surface area contributed by atoms with Crippen molar-refractivity contribution in [3.05, 3.63) is 57.6 Å². The van der Waals surface area contributed by atoms with E-state index in [0.717, 1.165) is 29.3 Å². The molecule has 1 unspecified atom stereocenters. The molecule has 0 heterocycles. The van der Waals surface area contributed by atoms with E-state index in [1.165, 1.54) is 11.1 Å². The van der Waals surface area contributed by atoms with Crippen LogP contribution in [0, 0.1) is 0 Å². The molecule has 1 atom stereocenters. The standard InChI is InChI=1S/C20H22BrNO3/c1-24-18-10-14(16(21)12-19(18)25-2)11-20(23)22-17-9-5-7-13-6-3-4-8-15(13)17/h3-4,6,8,10,12,17H,5,7,9,11H2,1-2H3,(H,22,23). The van der Waals surface area contributed by atoms with Gasteiger partial charge in [0.15, 0.2) is 11.5 Å². The first kappa shape index (κ1) is 17.8. The maximum atomic E-state index is 12.6. The smallest absolute Gasteiger partial charge is 0.224 e. The van der Waals surface area contributed by atoms with Crippen molar-refractivity contribution in [3.8, 4) is 11.5 Å². The fourth-order valence-electron chi connectivity index (χ4n) is 3.35. The number of carbonyl (C=O) groups is 1. The summed E-state index contributed by atoms with van der Waals surface area (Å²) in [4.78, 5) is 12.6. The second-order valence-electron chi connectivity index (χ2n) is 6.19. The highest BCUT2D eigenvalue weighted by Gasteiger charge is 2.22. The Hall–Kier alpha value is -2.01. The zero-order valence-electron chi connectivity index (χ0n) is 14.5. The van der Waals surface area contributed by atoms with Gasteiger partial charge in [0.2, 0.25) is 5.91 Å². The molecule has 5 heteroatoms. The molecule has 0 aliphatic heterocycles. The molecule has 0 fully saturated rings. The zero-order chi connectivity index (χ0) is 17.8. The van der Waals surface area contributed by atoms with Crippen molar-refractivity contribution in [2.75, 3.05) is 14.2 Å². The summed E-state index contributed by atoms with van der Waals surface area (Å²) in [5.74, 6) is 1.27. The number of nitrogens with one attached hydrogen (secondary N) is 1. The molecule has 0 radical (unpaired) electrons. The molecule has 1 amide bonds. The van der Waals surface area contributed by atoms with Crippen LogP contribution in [0.15, 0.2) is 40.9 Å². The van der Waals surface area contributed by atoms with E-state index >= 15 is 0 Å². The van der Waals surface area contributed by atoms with E-state index in [1.54, 1.807) is 14.2 Å². The number of hydrogen-bond donors (Lipinski definition) is 1. The molecule has 132 valence electrons. The van der Waals surface area contributed by atoms with Crippen LogP contribution in [0.25, 0.3) is 0 Å². The van der Waals surface area contributed by atoms with E-state index in [2.05, 4.69) is 39.4 Å². The van der Waals surface area contributed by atoms with Crippen molar-refractivity contribution < 1.29 is 14.3 Å². The van der Waals surface area contributed by atoms with Crippen molar-refractivity contribution in [2.45, 2.75) is 31.7 Å². The molecular weight excluding hydrogens is 382 g/mol. The Kier molecular flexibility index (Phi) is 5.63. The number of fused-ring (bicyclic) bond motifs is 1. The van der Waals surface area contributed by atoms with Crippen LogP contribution in [0.3, 0.4) is 0 Å². The highest BCUT2D eigenvalue weighted by Crippen LogP contribution is 2.34. The summed E-state index contributed by atoms with van der Waals surface area (Å²) in [6, 6.07) is 12.1. The summed E-state index contributed by atoms with van der Waals surface area (Å²) in [7, 11) is 3.19. The van der Waals surface area contributed by atoms with E-state index < -0.39 is 0 Å². The Balaban J connectivity index is 1.74. The molecule has 0 aromatic heterocycles. The normalized spacial score (nSPS) is 16.0. The number of amides is 1. The highest BCUT2D eigenvalue weighted by atomic mass is 79.9. The first-order valence-electron chi connectivity index (χ1n) is 8.40. The lowest BCUT2D eigenvalue weighted by atomic mass is 9.87. The summed E-state index contributed by atoms with van der Waals surface area (Å²) in [6.07, 6.45) is 3.46. The van der Waals surface area contributed by atoms with Gasteiger partial charge < -0.3 is 14.8 Å². The van der Waals surface area contributed by atoms with Crippen LogP contribution in [0.1, 0.15) is 35.6 Å². The van der Waals surface area contributed by atoms with Gasteiger partial charge in [-0.25, -0.2) is 0 Å². The molecule has 0 saturated carbocycles. The Morgan fingerprint density at radius 3 is 2.68 bits per heavy atom. The van der Waals surface area contributed by atoms with Gasteiger partial charge in [0.25, 0.3) is 0 Å². The molecule has 0 spiro atoms. The van der Waals surface area contributed by atoms with Crippen LogP contribution in [0.2, 0.25) is 0 Å². The largest absolute Gasteiger partial charge is 0.493 e. The van der Waals surface area contributed by atoms with Crippen LogP contribution in [0.5, 0.6) is 11.5 Å². The highest BCUT2D eigenvalue weighted by molar-refractivity contribution is 9.10. The van der Waals surface area contributed by atoms with Gasteiger partial charge in [-0.05, 0) is 48.1 Å². The number of benzene rings is 2. The Morgan fingerprint density at radius 2 is 1.92 bits per heavy atom.